The van der Waals surface area contributed by atoms with Crippen molar-refractivity contribution in [2.24, 2.45) is 0 Å². The first-order chi connectivity index (χ1) is 10.0. The number of benzene rings is 2. The summed E-state index contributed by atoms with van der Waals surface area (Å²) in [7, 11) is 0. The minimum absolute atomic E-state index is 0.281. The minimum Gasteiger partial charge on any atom is -0.494 e. The molecule has 1 atom stereocenters. The van der Waals surface area contributed by atoms with Gasteiger partial charge in [0.15, 0.2) is 0 Å². The zero-order valence-electron chi connectivity index (χ0n) is 13.7. The molecular formula is C19H25NO. The zero-order valence-corrected chi connectivity index (χ0v) is 13.7. The van der Waals surface area contributed by atoms with Crippen LogP contribution in [0.25, 0.3) is 0 Å². The molecule has 0 fully saturated rings. The second-order valence-corrected chi connectivity index (χ2v) is 5.64. The van der Waals surface area contributed by atoms with Gasteiger partial charge in [0.2, 0.25) is 0 Å². The molecule has 112 valence electrons. The lowest BCUT2D eigenvalue weighted by atomic mass is 9.95. The number of anilines is 1. The van der Waals surface area contributed by atoms with E-state index in [1.54, 1.807) is 0 Å². The monoisotopic (exact) mass is 283 g/mol. The highest BCUT2D eigenvalue weighted by Gasteiger charge is 2.12. The average Bonchev–Trinajstić information content (AvgIpc) is 2.40. The molecule has 0 saturated carbocycles. The Morgan fingerprint density at radius 2 is 1.57 bits per heavy atom. The van der Waals surface area contributed by atoms with Crippen molar-refractivity contribution < 1.29 is 4.74 Å². The summed E-state index contributed by atoms with van der Waals surface area (Å²) in [6, 6.07) is 12.9. The minimum atomic E-state index is 0.281. The molecule has 2 rings (SSSR count). The van der Waals surface area contributed by atoms with E-state index < -0.39 is 0 Å². The number of rotatable bonds is 5. The third-order valence-corrected chi connectivity index (χ3v) is 3.72. The third-order valence-electron chi connectivity index (χ3n) is 3.72. The lowest BCUT2D eigenvalue weighted by Crippen LogP contribution is -2.10. The number of aryl methyl sites for hydroxylation is 3. The van der Waals surface area contributed by atoms with Crippen LogP contribution >= 0.6 is 0 Å². The first-order valence-electron chi connectivity index (χ1n) is 7.58. The molecule has 0 aromatic heterocycles. The Morgan fingerprint density at radius 1 is 1.00 bits per heavy atom. The summed E-state index contributed by atoms with van der Waals surface area (Å²) in [4.78, 5) is 0. The Balaban J connectivity index is 2.16. The molecule has 2 nitrogen and oxygen atoms in total. The van der Waals surface area contributed by atoms with Gasteiger partial charge < -0.3 is 10.1 Å². The van der Waals surface area contributed by atoms with Crippen LogP contribution in [0.4, 0.5) is 5.69 Å². The van der Waals surface area contributed by atoms with E-state index in [9.17, 15) is 0 Å². The molecule has 1 unspecified atom stereocenters. The van der Waals surface area contributed by atoms with Crippen LogP contribution in [-0.2, 0) is 0 Å². The van der Waals surface area contributed by atoms with Crippen molar-refractivity contribution in [2.75, 3.05) is 11.9 Å². The smallest absolute Gasteiger partial charge is 0.119 e. The highest BCUT2D eigenvalue weighted by molar-refractivity contribution is 5.50. The molecule has 0 amide bonds. The SMILES string of the molecule is CCOc1ccc(NC(C)c2c(C)cc(C)cc2C)cc1. The fraction of sp³-hybridized carbons (Fsp3) is 0.368. The molecule has 0 bridgehead atoms. The summed E-state index contributed by atoms with van der Waals surface area (Å²) < 4.78 is 5.47. The summed E-state index contributed by atoms with van der Waals surface area (Å²) in [6.45, 7) is 11.4. The number of hydrogen-bond acceptors (Lipinski definition) is 2. The van der Waals surface area contributed by atoms with Crippen LogP contribution < -0.4 is 10.1 Å². The van der Waals surface area contributed by atoms with Crippen LogP contribution in [0.2, 0.25) is 0 Å². The zero-order chi connectivity index (χ0) is 15.4. The first-order valence-corrected chi connectivity index (χ1v) is 7.58. The highest BCUT2D eigenvalue weighted by atomic mass is 16.5. The first kappa shape index (κ1) is 15.4. The lowest BCUT2D eigenvalue weighted by molar-refractivity contribution is 0.340. The molecule has 0 aliphatic rings. The maximum Gasteiger partial charge on any atom is 0.119 e. The van der Waals surface area contributed by atoms with Crippen LogP contribution in [0, 0.1) is 20.8 Å². The van der Waals surface area contributed by atoms with Gasteiger partial charge in [0.05, 0.1) is 6.61 Å². The molecule has 0 saturated heterocycles. The summed E-state index contributed by atoms with van der Waals surface area (Å²) in [5.74, 6) is 0.915. The number of ether oxygens (including phenoxy) is 1. The largest absolute Gasteiger partial charge is 0.494 e. The van der Waals surface area contributed by atoms with Crippen molar-refractivity contribution >= 4 is 5.69 Å². The Morgan fingerprint density at radius 3 is 2.10 bits per heavy atom. The van der Waals surface area contributed by atoms with E-state index in [0.717, 1.165) is 11.4 Å². The van der Waals surface area contributed by atoms with E-state index in [1.807, 2.05) is 19.1 Å². The molecule has 2 aromatic rings. The van der Waals surface area contributed by atoms with Crippen LogP contribution in [-0.4, -0.2) is 6.61 Å². The Kier molecular flexibility index (Phi) is 4.89. The van der Waals surface area contributed by atoms with Crippen molar-refractivity contribution in [3.8, 4) is 5.75 Å². The predicted molar refractivity (Wildman–Crippen MR) is 90.3 cm³/mol. The van der Waals surface area contributed by atoms with Crippen molar-refractivity contribution in [1.29, 1.82) is 0 Å². The van der Waals surface area contributed by atoms with Crippen molar-refractivity contribution in [1.82, 2.24) is 0 Å². The summed E-state index contributed by atoms with van der Waals surface area (Å²) in [6.07, 6.45) is 0. The molecule has 0 aliphatic carbocycles. The van der Waals surface area contributed by atoms with Crippen molar-refractivity contribution in [3.05, 3.63) is 58.7 Å². The molecule has 21 heavy (non-hydrogen) atoms. The van der Waals surface area contributed by atoms with Gasteiger partial charge in [0.1, 0.15) is 5.75 Å². The van der Waals surface area contributed by atoms with Gasteiger partial charge in [0, 0.05) is 11.7 Å². The second-order valence-electron chi connectivity index (χ2n) is 5.64. The number of hydrogen-bond donors (Lipinski definition) is 1. The molecule has 0 spiro atoms. The molecule has 1 N–H and O–H groups in total. The van der Waals surface area contributed by atoms with Crippen molar-refractivity contribution in [2.45, 2.75) is 40.7 Å². The normalized spacial score (nSPS) is 12.0. The van der Waals surface area contributed by atoms with Gasteiger partial charge in [-0.2, -0.15) is 0 Å². The van der Waals surface area contributed by atoms with Gasteiger partial charge in [-0.3, -0.25) is 0 Å². The Bertz CT molecular complexity index is 578. The maximum absolute atomic E-state index is 5.47. The van der Waals surface area contributed by atoms with E-state index in [2.05, 4.69) is 57.3 Å². The van der Waals surface area contributed by atoms with Crippen LogP contribution in [0.5, 0.6) is 5.75 Å². The van der Waals surface area contributed by atoms with E-state index in [-0.39, 0.29) is 6.04 Å². The average molecular weight is 283 g/mol. The van der Waals surface area contributed by atoms with Crippen LogP contribution in [0.15, 0.2) is 36.4 Å². The highest BCUT2D eigenvalue weighted by Crippen LogP contribution is 2.27. The topological polar surface area (TPSA) is 21.3 Å². The second kappa shape index (κ2) is 6.66. The van der Waals surface area contributed by atoms with E-state index in [1.165, 1.54) is 22.3 Å². The fourth-order valence-corrected chi connectivity index (χ4v) is 3.01. The molecule has 2 heteroatoms. The fourth-order valence-electron chi connectivity index (χ4n) is 3.01. The quantitative estimate of drug-likeness (QED) is 0.816. The summed E-state index contributed by atoms with van der Waals surface area (Å²) in [5.41, 5.74) is 6.51. The van der Waals surface area contributed by atoms with Crippen molar-refractivity contribution in [3.63, 3.8) is 0 Å². The Hall–Kier alpha value is -1.96. The molecule has 0 radical (unpaired) electrons. The molecule has 2 aromatic carbocycles. The molecule has 0 aliphatic heterocycles. The van der Waals surface area contributed by atoms with Gasteiger partial charge >= 0.3 is 0 Å². The maximum atomic E-state index is 5.47. The molecular weight excluding hydrogens is 258 g/mol. The van der Waals surface area contributed by atoms with Gasteiger partial charge in [-0.15, -0.1) is 0 Å². The summed E-state index contributed by atoms with van der Waals surface area (Å²) in [5, 5.41) is 3.57. The van der Waals surface area contributed by atoms with E-state index in [4.69, 9.17) is 4.74 Å². The third kappa shape index (κ3) is 3.78. The van der Waals surface area contributed by atoms with Gasteiger partial charge in [-0.05, 0) is 75.6 Å². The van der Waals surface area contributed by atoms with Gasteiger partial charge in [-0.1, -0.05) is 17.7 Å². The lowest BCUT2D eigenvalue weighted by Gasteiger charge is -2.21. The van der Waals surface area contributed by atoms with E-state index in [0.29, 0.717) is 6.61 Å². The predicted octanol–water partition coefficient (Wildman–Crippen LogP) is 5.18. The molecule has 0 heterocycles. The van der Waals surface area contributed by atoms with Crippen LogP contribution in [0.3, 0.4) is 0 Å². The van der Waals surface area contributed by atoms with Gasteiger partial charge in [0.25, 0.3) is 0 Å². The summed E-state index contributed by atoms with van der Waals surface area (Å²) >= 11 is 0. The van der Waals surface area contributed by atoms with Gasteiger partial charge in [-0.25, -0.2) is 0 Å². The van der Waals surface area contributed by atoms with E-state index >= 15 is 0 Å². The number of nitrogens with one attached hydrogen (secondary N) is 1. The standard InChI is InChI=1S/C19H25NO/c1-6-21-18-9-7-17(8-10-18)20-16(5)19-14(3)11-13(2)12-15(19)4/h7-12,16,20H,6H2,1-5H3. The van der Waals surface area contributed by atoms with Crippen LogP contribution in [0.1, 0.15) is 42.1 Å². The Labute approximate surface area is 128 Å².